The fourth-order valence-corrected chi connectivity index (χ4v) is 5.03. The highest BCUT2D eigenvalue weighted by Crippen LogP contribution is 2.18. The number of ketones is 1. The van der Waals surface area contributed by atoms with Gasteiger partial charge in [0, 0.05) is 51.3 Å². The van der Waals surface area contributed by atoms with E-state index in [1.807, 2.05) is 27.7 Å². The Hall–Kier alpha value is -2.88. The lowest BCUT2D eigenvalue weighted by molar-refractivity contribution is -0.140. The zero-order valence-electron chi connectivity index (χ0n) is 28.0. The lowest BCUT2D eigenvalue weighted by atomic mass is 10.0. The van der Waals surface area contributed by atoms with Crippen molar-refractivity contribution < 1.29 is 43.0 Å². The molecule has 258 valence electrons. The number of ether oxygens (including phenoxy) is 2. The summed E-state index contributed by atoms with van der Waals surface area (Å²) in [5.74, 6) is -2.30. The van der Waals surface area contributed by atoms with Crippen LogP contribution in [-0.4, -0.2) is 127 Å². The maximum absolute atomic E-state index is 12.9. The molecule has 45 heavy (non-hydrogen) atoms. The van der Waals surface area contributed by atoms with Crippen molar-refractivity contribution in [3.63, 3.8) is 0 Å². The molecule has 14 nitrogen and oxygen atoms in total. The minimum absolute atomic E-state index is 0.0247. The van der Waals surface area contributed by atoms with Gasteiger partial charge in [-0.15, -0.1) is 11.8 Å². The van der Waals surface area contributed by atoms with Crippen LogP contribution in [0.25, 0.3) is 0 Å². The van der Waals surface area contributed by atoms with Crippen molar-refractivity contribution >= 4 is 53.4 Å². The molecule has 1 heterocycles. The van der Waals surface area contributed by atoms with E-state index in [1.165, 1.54) is 7.05 Å². The van der Waals surface area contributed by atoms with Crippen molar-refractivity contribution in [1.82, 2.24) is 20.4 Å². The second-order valence-electron chi connectivity index (χ2n) is 10.7. The molecular weight excluding hydrogens is 606 g/mol. The molecule has 15 heteroatoms. The number of carbonyl (C=O) groups is 7. The topological polar surface area (TPSA) is 195 Å². The number of imide groups is 1. The monoisotopic (exact) mass is 659 g/mol. The molecule has 0 aromatic heterocycles. The Morgan fingerprint density at radius 1 is 1.09 bits per heavy atom. The highest BCUT2D eigenvalue weighted by atomic mass is 32.2. The second-order valence-corrected chi connectivity index (χ2v) is 11.9. The van der Waals surface area contributed by atoms with Gasteiger partial charge in [0.05, 0.1) is 37.3 Å². The molecule has 1 fully saturated rings. The van der Waals surface area contributed by atoms with Gasteiger partial charge in [-0.2, -0.15) is 0 Å². The predicted octanol–water partition coefficient (Wildman–Crippen LogP) is 0.294. The van der Waals surface area contributed by atoms with Gasteiger partial charge in [0.15, 0.2) is 5.78 Å². The quantitative estimate of drug-likeness (QED) is 0.0871. The average molecular weight is 660 g/mol. The molecule has 5 amide bonds. The third-order valence-corrected chi connectivity index (χ3v) is 8.40. The van der Waals surface area contributed by atoms with Crippen LogP contribution in [0.3, 0.4) is 0 Å². The van der Waals surface area contributed by atoms with Gasteiger partial charge in [-0.25, -0.2) is 0 Å². The van der Waals surface area contributed by atoms with Gasteiger partial charge in [0.1, 0.15) is 18.5 Å². The molecule has 1 saturated heterocycles. The van der Waals surface area contributed by atoms with Crippen molar-refractivity contribution in [2.24, 2.45) is 11.7 Å². The van der Waals surface area contributed by atoms with E-state index < -0.39 is 41.2 Å². The van der Waals surface area contributed by atoms with Gasteiger partial charge < -0.3 is 35.5 Å². The van der Waals surface area contributed by atoms with Crippen molar-refractivity contribution in [1.29, 1.82) is 0 Å². The van der Waals surface area contributed by atoms with Crippen molar-refractivity contribution in [3.8, 4) is 0 Å². The molecule has 5 atom stereocenters. The van der Waals surface area contributed by atoms with Gasteiger partial charge in [-0.3, -0.25) is 33.7 Å². The molecule has 0 aromatic carbocycles. The lowest BCUT2D eigenvalue weighted by Gasteiger charge is -2.25. The summed E-state index contributed by atoms with van der Waals surface area (Å²) in [7, 11) is 3.04. The van der Waals surface area contributed by atoms with Crippen LogP contribution in [0.1, 0.15) is 67.2 Å². The van der Waals surface area contributed by atoms with Crippen LogP contribution in [0.5, 0.6) is 0 Å². The van der Waals surface area contributed by atoms with E-state index in [4.69, 9.17) is 15.2 Å². The number of carbonyl (C=O) groups excluding carboxylic acids is 7. The number of hydrogen-bond donors (Lipinski definition) is 3. The SMILES string of the molecule is CC.CCC(C)N(C)C(=O)CC(C=O)OCCNC(=O)CC(SCC(N)C(=O)C(C)C)C(=O)NCCOC1CC(=O)N(C)C1=O. The molecule has 0 aromatic rings. The van der Waals surface area contributed by atoms with E-state index in [0.29, 0.717) is 6.29 Å². The molecule has 1 rings (SSSR count). The summed E-state index contributed by atoms with van der Waals surface area (Å²) in [5, 5.41) is 4.40. The van der Waals surface area contributed by atoms with Crippen LogP contribution >= 0.6 is 11.8 Å². The van der Waals surface area contributed by atoms with Gasteiger partial charge >= 0.3 is 0 Å². The number of likely N-dealkylation sites (N-methyl/N-ethyl adjacent to an activating group) is 1. The first-order valence-electron chi connectivity index (χ1n) is 15.4. The molecule has 5 unspecified atom stereocenters. The van der Waals surface area contributed by atoms with Crippen LogP contribution in [0.2, 0.25) is 0 Å². The summed E-state index contributed by atoms with van der Waals surface area (Å²) in [6.07, 6.45) is -0.936. The average Bonchev–Trinajstić information content (AvgIpc) is 3.27. The summed E-state index contributed by atoms with van der Waals surface area (Å²) >= 11 is 1.07. The summed E-state index contributed by atoms with van der Waals surface area (Å²) < 4.78 is 10.9. The highest BCUT2D eigenvalue weighted by molar-refractivity contribution is 8.00. The second kappa shape index (κ2) is 22.6. The Bertz CT molecular complexity index is 997. The number of nitrogens with two attached hydrogens (primary N) is 1. The summed E-state index contributed by atoms with van der Waals surface area (Å²) in [6, 6.07) is -0.790. The van der Waals surface area contributed by atoms with E-state index in [-0.39, 0.29) is 80.9 Å². The van der Waals surface area contributed by atoms with Crippen LogP contribution in [0.15, 0.2) is 0 Å². The number of nitrogens with one attached hydrogen (secondary N) is 2. The highest BCUT2D eigenvalue weighted by Gasteiger charge is 2.36. The third kappa shape index (κ3) is 15.3. The molecular formula is C30H53N5O9S. The summed E-state index contributed by atoms with van der Waals surface area (Å²) in [4.78, 5) is 87.7. The molecule has 0 spiro atoms. The zero-order chi connectivity index (χ0) is 34.7. The molecule has 1 aliphatic rings. The Morgan fingerprint density at radius 3 is 2.24 bits per heavy atom. The fraction of sp³-hybridized carbons (Fsp3) is 0.767. The van der Waals surface area contributed by atoms with Crippen LogP contribution in [0.4, 0.5) is 0 Å². The van der Waals surface area contributed by atoms with Crippen LogP contribution < -0.4 is 16.4 Å². The summed E-state index contributed by atoms with van der Waals surface area (Å²) in [5.41, 5.74) is 5.98. The number of amides is 5. The number of rotatable bonds is 21. The first-order chi connectivity index (χ1) is 21.2. The third-order valence-electron chi connectivity index (χ3n) is 7.06. The van der Waals surface area contributed by atoms with E-state index in [1.54, 1.807) is 25.8 Å². The van der Waals surface area contributed by atoms with Crippen molar-refractivity contribution in [2.75, 3.05) is 46.2 Å². The first kappa shape index (κ1) is 42.1. The molecule has 1 aliphatic heterocycles. The van der Waals surface area contributed by atoms with E-state index in [0.717, 1.165) is 23.1 Å². The smallest absolute Gasteiger partial charge is 0.258 e. The van der Waals surface area contributed by atoms with Gasteiger partial charge in [-0.1, -0.05) is 34.6 Å². The predicted molar refractivity (Wildman–Crippen MR) is 171 cm³/mol. The Morgan fingerprint density at radius 2 is 1.71 bits per heavy atom. The molecule has 0 radical (unpaired) electrons. The number of thioether (sulfide) groups is 1. The van der Waals surface area contributed by atoms with Crippen LogP contribution in [0, 0.1) is 5.92 Å². The Labute approximate surface area is 271 Å². The minimum atomic E-state index is -0.953. The van der Waals surface area contributed by atoms with Crippen molar-refractivity contribution in [2.45, 2.75) is 96.8 Å². The number of nitrogens with zero attached hydrogens (tertiary/aromatic N) is 2. The van der Waals surface area contributed by atoms with E-state index in [2.05, 4.69) is 10.6 Å². The van der Waals surface area contributed by atoms with Crippen molar-refractivity contribution in [3.05, 3.63) is 0 Å². The Balaban J connectivity index is 0.00000947. The number of Topliss-reactive ketones (excluding diaryl/α,β-unsaturated/α-hetero) is 1. The summed E-state index contributed by atoms with van der Waals surface area (Å²) in [6.45, 7) is 11.3. The van der Waals surface area contributed by atoms with Gasteiger partial charge in [0.25, 0.3) is 5.91 Å². The molecule has 4 N–H and O–H groups in total. The maximum atomic E-state index is 12.9. The molecule has 0 aliphatic carbocycles. The standard InChI is InChI=1S/C28H47N5O9S.C2H6/c1-7-18(4)32(5)24(36)12-19(15-34)41-10-8-30-23(35)14-22(43-16-20(29)26(38)17(2)3)27(39)31-9-11-42-21-13-25(37)33(6)28(21)40;1-2/h15,17-22H,7-14,16,29H2,1-6H3,(H,30,35)(H,31,39);1-2H3. The molecule has 0 saturated carbocycles. The number of aldehydes is 1. The van der Waals surface area contributed by atoms with Crippen LogP contribution in [-0.2, 0) is 43.0 Å². The maximum Gasteiger partial charge on any atom is 0.258 e. The molecule has 0 bridgehead atoms. The number of likely N-dealkylation sites (tertiary alicyclic amines) is 1. The van der Waals surface area contributed by atoms with Gasteiger partial charge in [0.2, 0.25) is 23.6 Å². The minimum Gasteiger partial charge on any atom is -0.368 e. The number of hydrogen-bond acceptors (Lipinski definition) is 11. The Kier molecular flexibility index (Phi) is 21.2. The lowest BCUT2D eigenvalue weighted by Crippen LogP contribution is -2.42. The van der Waals surface area contributed by atoms with Gasteiger partial charge in [-0.05, 0) is 13.3 Å². The van der Waals surface area contributed by atoms with E-state index in [9.17, 15) is 33.6 Å². The fourth-order valence-electron chi connectivity index (χ4n) is 3.92. The normalized spacial score (nSPS) is 17.1. The first-order valence-corrected chi connectivity index (χ1v) is 16.5. The largest absolute Gasteiger partial charge is 0.368 e. The zero-order valence-corrected chi connectivity index (χ0v) is 28.8. The van der Waals surface area contributed by atoms with E-state index >= 15 is 0 Å².